The molecule has 0 saturated carbocycles. The van der Waals surface area contributed by atoms with Gasteiger partial charge in [0.1, 0.15) is 5.82 Å². The monoisotopic (exact) mass is 227 g/mol. The quantitative estimate of drug-likeness (QED) is 0.723. The number of hydrogen-bond donors (Lipinski definition) is 1. The van der Waals surface area contributed by atoms with Gasteiger partial charge >= 0.3 is 0 Å². The van der Waals surface area contributed by atoms with Crippen LogP contribution >= 0.6 is 0 Å². The summed E-state index contributed by atoms with van der Waals surface area (Å²) in [5.74, 6) is -0.273. The van der Waals surface area contributed by atoms with Crippen molar-refractivity contribution < 1.29 is 13.9 Å². The molecule has 1 unspecified atom stereocenters. The standard InChI is InChI=1S/C12H18FNO2/c1-15-7-4-8-16-12(9-14)10-5-2-3-6-11(10)13/h2-3,5-6,12H,4,7-9,14H2,1H3. The van der Waals surface area contributed by atoms with Gasteiger partial charge < -0.3 is 15.2 Å². The summed E-state index contributed by atoms with van der Waals surface area (Å²) >= 11 is 0. The molecular formula is C12H18FNO2. The third kappa shape index (κ3) is 3.89. The summed E-state index contributed by atoms with van der Waals surface area (Å²) in [4.78, 5) is 0. The molecule has 0 fully saturated rings. The fourth-order valence-electron chi connectivity index (χ4n) is 1.45. The molecule has 1 aromatic carbocycles. The van der Waals surface area contributed by atoms with Crippen LogP contribution in [0.4, 0.5) is 4.39 Å². The predicted molar refractivity (Wildman–Crippen MR) is 60.6 cm³/mol. The van der Waals surface area contributed by atoms with E-state index in [4.69, 9.17) is 15.2 Å². The molecule has 0 amide bonds. The molecule has 16 heavy (non-hydrogen) atoms. The van der Waals surface area contributed by atoms with E-state index in [0.717, 1.165) is 6.42 Å². The van der Waals surface area contributed by atoms with Gasteiger partial charge in [-0.3, -0.25) is 0 Å². The van der Waals surface area contributed by atoms with Crippen molar-refractivity contribution in [1.29, 1.82) is 0 Å². The van der Waals surface area contributed by atoms with Gasteiger partial charge in [-0.05, 0) is 12.5 Å². The van der Waals surface area contributed by atoms with Crippen molar-refractivity contribution in [3.8, 4) is 0 Å². The third-order valence-electron chi connectivity index (χ3n) is 2.28. The van der Waals surface area contributed by atoms with Crippen LogP contribution in [0.5, 0.6) is 0 Å². The summed E-state index contributed by atoms with van der Waals surface area (Å²) in [6.45, 7) is 1.42. The lowest BCUT2D eigenvalue weighted by Gasteiger charge is -2.16. The second-order valence-corrected chi connectivity index (χ2v) is 3.46. The minimum Gasteiger partial charge on any atom is -0.385 e. The van der Waals surface area contributed by atoms with Crippen molar-refractivity contribution in [1.82, 2.24) is 0 Å². The van der Waals surface area contributed by atoms with E-state index in [1.54, 1.807) is 25.3 Å². The first-order chi connectivity index (χ1) is 7.79. The molecule has 4 heteroatoms. The molecule has 0 heterocycles. The summed E-state index contributed by atoms with van der Waals surface area (Å²) in [5, 5.41) is 0. The van der Waals surface area contributed by atoms with Crippen LogP contribution in [0.1, 0.15) is 18.1 Å². The first-order valence-corrected chi connectivity index (χ1v) is 5.34. The Morgan fingerprint density at radius 2 is 2.06 bits per heavy atom. The maximum absolute atomic E-state index is 13.4. The number of halogens is 1. The van der Waals surface area contributed by atoms with Gasteiger partial charge in [0.25, 0.3) is 0 Å². The molecule has 2 N–H and O–H groups in total. The lowest BCUT2D eigenvalue weighted by atomic mass is 10.1. The van der Waals surface area contributed by atoms with Crippen molar-refractivity contribution in [2.45, 2.75) is 12.5 Å². The molecule has 0 saturated heterocycles. The Balaban J connectivity index is 2.51. The topological polar surface area (TPSA) is 44.5 Å². The molecule has 0 spiro atoms. The van der Waals surface area contributed by atoms with Crippen LogP contribution in [0.3, 0.4) is 0 Å². The van der Waals surface area contributed by atoms with Gasteiger partial charge in [-0.1, -0.05) is 18.2 Å². The summed E-state index contributed by atoms with van der Waals surface area (Å²) in [6, 6.07) is 6.54. The Kier molecular flexibility index (Phi) is 6.00. The second-order valence-electron chi connectivity index (χ2n) is 3.46. The highest BCUT2D eigenvalue weighted by Crippen LogP contribution is 2.19. The van der Waals surface area contributed by atoms with Crippen LogP contribution in [0.2, 0.25) is 0 Å². The van der Waals surface area contributed by atoms with Crippen LogP contribution in [0.25, 0.3) is 0 Å². The Labute approximate surface area is 95.4 Å². The van der Waals surface area contributed by atoms with Gasteiger partial charge in [0.15, 0.2) is 0 Å². The second kappa shape index (κ2) is 7.33. The number of hydrogen-bond acceptors (Lipinski definition) is 3. The smallest absolute Gasteiger partial charge is 0.129 e. The molecule has 3 nitrogen and oxygen atoms in total. The fraction of sp³-hybridized carbons (Fsp3) is 0.500. The zero-order valence-electron chi connectivity index (χ0n) is 9.49. The number of rotatable bonds is 7. The van der Waals surface area contributed by atoms with Crippen LogP contribution in [-0.4, -0.2) is 26.9 Å². The van der Waals surface area contributed by atoms with E-state index in [1.165, 1.54) is 6.07 Å². The third-order valence-corrected chi connectivity index (χ3v) is 2.28. The normalized spacial score (nSPS) is 12.7. The van der Waals surface area contributed by atoms with Gasteiger partial charge in [0.2, 0.25) is 0 Å². The zero-order chi connectivity index (χ0) is 11.8. The highest BCUT2D eigenvalue weighted by Gasteiger charge is 2.13. The number of methoxy groups -OCH3 is 1. The maximum Gasteiger partial charge on any atom is 0.129 e. The van der Waals surface area contributed by atoms with Crippen LogP contribution in [0, 0.1) is 5.82 Å². The van der Waals surface area contributed by atoms with Gasteiger partial charge in [0.05, 0.1) is 6.10 Å². The first-order valence-electron chi connectivity index (χ1n) is 5.34. The van der Waals surface area contributed by atoms with Crippen molar-refractivity contribution in [3.63, 3.8) is 0 Å². The highest BCUT2D eigenvalue weighted by atomic mass is 19.1. The Morgan fingerprint density at radius 1 is 1.31 bits per heavy atom. The molecule has 0 radical (unpaired) electrons. The van der Waals surface area contributed by atoms with Crippen molar-refractivity contribution in [2.24, 2.45) is 5.73 Å². The molecular weight excluding hydrogens is 209 g/mol. The number of nitrogens with two attached hydrogens (primary N) is 1. The van der Waals surface area contributed by atoms with E-state index >= 15 is 0 Å². The number of ether oxygens (including phenoxy) is 2. The maximum atomic E-state index is 13.4. The van der Waals surface area contributed by atoms with Crippen molar-refractivity contribution >= 4 is 0 Å². The minimum absolute atomic E-state index is 0.272. The minimum atomic E-state index is -0.377. The molecule has 90 valence electrons. The van der Waals surface area contributed by atoms with Crippen LogP contribution in [0.15, 0.2) is 24.3 Å². The largest absolute Gasteiger partial charge is 0.385 e. The first kappa shape index (κ1) is 13.1. The summed E-state index contributed by atoms with van der Waals surface area (Å²) < 4.78 is 23.9. The number of benzene rings is 1. The predicted octanol–water partition coefficient (Wildman–Crippen LogP) is 1.88. The van der Waals surface area contributed by atoms with Crippen LogP contribution < -0.4 is 5.73 Å². The molecule has 1 rings (SSSR count). The molecule has 0 aliphatic heterocycles. The zero-order valence-corrected chi connectivity index (χ0v) is 9.49. The van der Waals surface area contributed by atoms with E-state index in [-0.39, 0.29) is 18.5 Å². The average Bonchev–Trinajstić information content (AvgIpc) is 2.31. The van der Waals surface area contributed by atoms with Crippen LogP contribution in [-0.2, 0) is 9.47 Å². The molecule has 1 atom stereocenters. The Morgan fingerprint density at radius 3 is 2.69 bits per heavy atom. The van der Waals surface area contributed by atoms with Gasteiger partial charge in [-0.15, -0.1) is 0 Å². The van der Waals surface area contributed by atoms with Gasteiger partial charge in [-0.2, -0.15) is 0 Å². The SMILES string of the molecule is COCCCOC(CN)c1ccccc1F. The molecule has 0 aliphatic rings. The van der Waals surface area contributed by atoms with Crippen molar-refractivity contribution in [2.75, 3.05) is 26.9 Å². The summed E-state index contributed by atoms with van der Waals surface area (Å²) in [7, 11) is 1.64. The molecule has 0 aliphatic carbocycles. The van der Waals surface area contributed by atoms with E-state index in [9.17, 15) is 4.39 Å². The van der Waals surface area contributed by atoms with E-state index in [1.807, 2.05) is 0 Å². The molecule has 1 aromatic rings. The summed E-state index contributed by atoms with van der Waals surface area (Å²) in [5.41, 5.74) is 6.08. The molecule has 0 bridgehead atoms. The van der Waals surface area contributed by atoms with Gasteiger partial charge in [-0.25, -0.2) is 4.39 Å². The van der Waals surface area contributed by atoms with E-state index in [0.29, 0.717) is 18.8 Å². The lowest BCUT2D eigenvalue weighted by Crippen LogP contribution is -2.18. The summed E-state index contributed by atoms with van der Waals surface area (Å²) in [6.07, 6.45) is 0.402. The molecule has 0 aromatic heterocycles. The highest BCUT2D eigenvalue weighted by molar-refractivity contribution is 5.20. The van der Waals surface area contributed by atoms with Gasteiger partial charge in [0, 0.05) is 32.4 Å². The average molecular weight is 227 g/mol. The van der Waals surface area contributed by atoms with E-state index < -0.39 is 0 Å². The van der Waals surface area contributed by atoms with Crippen molar-refractivity contribution in [3.05, 3.63) is 35.6 Å². The van der Waals surface area contributed by atoms with E-state index in [2.05, 4.69) is 0 Å². The Hall–Kier alpha value is -0.970. The fourth-order valence-corrected chi connectivity index (χ4v) is 1.45. The Bertz CT molecular complexity index is 307. The lowest BCUT2D eigenvalue weighted by molar-refractivity contribution is 0.0419.